The molecule has 0 atom stereocenters. The number of rotatable bonds is 21. The second-order valence-corrected chi connectivity index (χ2v) is 20.0. The van der Waals surface area contributed by atoms with Gasteiger partial charge in [-0.25, -0.2) is 40.2 Å². The molecule has 0 aliphatic rings. The predicted molar refractivity (Wildman–Crippen MR) is 266 cm³/mol. The van der Waals surface area contributed by atoms with Crippen molar-refractivity contribution in [2.24, 2.45) is 5.16 Å². The van der Waals surface area contributed by atoms with Crippen LogP contribution in [-0.4, -0.2) is 91.1 Å². The third-order valence-electron chi connectivity index (χ3n) is 10.7. The maximum atomic E-state index is 13.6. The van der Waals surface area contributed by atoms with Gasteiger partial charge >= 0.3 is 17.9 Å². The van der Waals surface area contributed by atoms with Crippen LogP contribution in [0.15, 0.2) is 139 Å². The Balaban J connectivity index is 1.06. The molecule has 0 heterocycles. The highest BCUT2D eigenvalue weighted by Crippen LogP contribution is 2.22. The number of amides is 3. The van der Waals surface area contributed by atoms with E-state index in [9.17, 15) is 60.9 Å². The third kappa shape index (κ3) is 14.3. The van der Waals surface area contributed by atoms with Crippen molar-refractivity contribution >= 4 is 78.4 Å². The molecule has 372 valence electrons. The molecule has 7 N–H and O–H groups in total. The van der Waals surface area contributed by atoms with Crippen molar-refractivity contribution < 1.29 is 65.8 Å². The summed E-state index contributed by atoms with van der Waals surface area (Å²) in [7, 11) is -6.21. The van der Waals surface area contributed by atoms with Gasteiger partial charge in [-0.3, -0.25) is 14.4 Å². The number of nitrogens with one attached hydrogen (secondary N) is 4. The number of carboxylic acid groups (broad SMARTS) is 3. The van der Waals surface area contributed by atoms with Crippen LogP contribution in [0.1, 0.15) is 96.9 Å². The van der Waals surface area contributed by atoms with Gasteiger partial charge in [-0.2, -0.15) is 0 Å². The molecule has 0 saturated heterocycles. The number of carbonyl (C=O) groups is 6. The molecule has 72 heavy (non-hydrogen) atoms. The lowest BCUT2D eigenvalue weighted by Crippen LogP contribution is -2.25. The lowest BCUT2D eigenvalue weighted by atomic mass is 10.0. The Labute approximate surface area is 413 Å². The zero-order valence-electron chi connectivity index (χ0n) is 38.6. The van der Waals surface area contributed by atoms with Gasteiger partial charge < -0.3 is 36.1 Å². The van der Waals surface area contributed by atoms with Gasteiger partial charge in [-0.1, -0.05) is 65.8 Å². The second-order valence-electron chi connectivity index (χ2n) is 16.1. The van der Waals surface area contributed by atoms with Crippen LogP contribution < -0.4 is 20.7 Å². The summed E-state index contributed by atoms with van der Waals surface area (Å²) in [6.07, 6.45) is 1.05. The summed E-state index contributed by atoms with van der Waals surface area (Å²) < 4.78 is 53.7. The standard InChI is InChI=1S/C50H46N6O14S2/c1-30(35-11-8-14-38(25-35)54-45(57)39-15-4-5-16-41(39)48(60)61)55-70-28-33-17-20-42(49(62)63)43(23-33)47(59)53-36-12-6-9-31(21-36)26-51-72(68,69)29-34-18-19-40(44(24-34)50(64)65)46(58)52-37-13-7-10-32(22-37)27-56(2)71(3,66)67/h4-25,51H,26-29H2,1-3H3,(H,52,58)(H,53,59)(H,54,57)(H,60,61)(H,62,63)(H,64,65). The van der Waals surface area contributed by atoms with E-state index in [1.54, 1.807) is 55.5 Å². The molecule has 0 aromatic heterocycles. The van der Waals surface area contributed by atoms with E-state index in [1.807, 2.05) is 0 Å². The molecule has 0 fully saturated rings. The van der Waals surface area contributed by atoms with Crippen LogP contribution in [0.4, 0.5) is 17.1 Å². The Kier molecular flexibility index (Phi) is 16.8. The minimum atomic E-state index is -4.13. The number of sulfonamides is 2. The van der Waals surface area contributed by atoms with Gasteiger partial charge in [-0.05, 0) is 102 Å². The lowest BCUT2D eigenvalue weighted by molar-refractivity contribution is 0.0683. The number of hydrogen-bond acceptors (Lipinski definition) is 12. The monoisotopic (exact) mass is 1020 g/mol. The number of carboxylic acids is 3. The minimum Gasteiger partial charge on any atom is -0.478 e. The first-order valence-corrected chi connectivity index (χ1v) is 24.9. The van der Waals surface area contributed by atoms with Crippen LogP contribution in [0.3, 0.4) is 0 Å². The van der Waals surface area contributed by atoms with E-state index in [4.69, 9.17) is 4.84 Å². The van der Waals surface area contributed by atoms with Crippen molar-refractivity contribution in [3.8, 4) is 0 Å². The SMILES string of the molecule is CC(=NOCc1ccc(C(=O)O)c(C(=O)Nc2cccc(CNS(=O)(=O)Cc3ccc(C(=O)Nc4cccc(CN(C)S(C)(=O)=O)c4)c(C(=O)O)c3)c2)c1)c1cccc(NC(=O)c2ccccc2C(=O)O)c1. The first-order chi connectivity index (χ1) is 34.1. The normalized spacial score (nSPS) is 11.6. The van der Waals surface area contributed by atoms with Gasteiger partial charge in [0.15, 0.2) is 0 Å². The molecule has 22 heteroatoms. The second kappa shape index (κ2) is 22.9. The van der Waals surface area contributed by atoms with Crippen LogP contribution in [0.2, 0.25) is 0 Å². The molecular weight excluding hydrogens is 973 g/mol. The predicted octanol–water partition coefficient (Wildman–Crippen LogP) is 6.49. The van der Waals surface area contributed by atoms with Crippen molar-refractivity contribution in [3.63, 3.8) is 0 Å². The van der Waals surface area contributed by atoms with E-state index in [2.05, 4.69) is 25.8 Å². The quantitative estimate of drug-likeness (QED) is 0.0300. The van der Waals surface area contributed by atoms with Gasteiger partial charge in [0, 0.05) is 42.8 Å². The summed E-state index contributed by atoms with van der Waals surface area (Å²) in [6.45, 7) is 1.22. The molecule has 20 nitrogen and oxygen atoms in total. The van der Waals surface area contributed by atoms with Crippen molar-refractivity contribution in [3.05, 3.63) is 195 Å². The van der Waals surface area contributed by atoms with Crippen LogP contribution in [0, 0.1) is 0 Å². The third-order valence-corrected chi connectivity index (χ3v) is 13.2. The van der Waals surface area contributed by atoms with Gasteiger partial charge in [0.05, 0.1) is 51.1 Å². The average molecular weight is 1020 g/mol. The number of nitrogens with zero attached hydrogens (tertiary/aromatic N) is 2. The van der Waals surface area contributed by atoms with Crippen molar-refractivity contribution in [1.82, 2.24) is 9.03 Å². The van der Waals surface area contributed by atoms with Crippen LogP contribution >= 0.6 is 0 Å². The van der Waals surface area contributed by atoms with Gasteiger partial charge in [-0.15, -0.1) is 0 Å². The molecule has 0 bridgehead atoms. The summed E-state index contributed by atoms with van der Waals surface area (Å²) >= 11 is 0. The van der Waals surface area contributed by atoms with Crippen LogP contribution in [0.25, 0.3) is 0 Å². The Morgan fingerprint density at radius 1 is 0.542 bits per heavy atom. The zero-order valence-corrected chi connectivity index (χ0v) is 40.2. The summed E-state index contributed by atoms with van der Waals surface area (Å²) in [6, 6.07) is 32.3. The molecule has 6 rings (SSSR count). The van der Waals surface area contributed by atoms with Crippen molar-refractivity contribution in [2.45, 2.75) is 32.4 Å². The lowest BCUT2D eigenvalue weighted by Gasteiger charge is -2.15. The Hall–Kier alpha value is -8.57. The first kappa shape index (κ1) is 52.8. The van der Waals surface area contributed by atoms with E-state index in [1.165, 1.54) is 85.9 Å². The van der Waals surface area contributed by atoms with E-state index in [0.29, 0.717) is 33.7 Å². The van der Waals surface area contributed by atoms with Crippen molar-refractivity contribution in [2.75, 3.05) is 29.3 Å². The summed E-state index contributed by atoms with van der Waals surface area (Å²) in [5.74, 6) is -7.00. The minimum absolute atomic E-state index is 0.0213. The molecule has 6 aromatic carbocycles. The zero-order chi connectivity index (χ0) is 52.3. The highest BCUT2D eigenvalue weighted by atomic mass is 32.2. The van der Waals surface area contributed by atoms with Gasteiger partial charge in [0.25, 0.3) is 17.7 Å². The van der Waals surface area contributed by atoms with Crippen molar-refractivity contribution in [1.29, 1.82) is 0 Å². The van der Waals surface area contributed by atoms with E-state index in [0.717, 1.165) is 16.6 Å². The van der Waals surface area contributed by atoms with Crippen LogP contribution in [0.5, 0.6) is 0 Å². The Bertz CT molecular complexity index is 3380. The number of anilines is 3. The number of carbonyl (C=O) groups excluding carboxylic acids is 3. The maximum absolute atomic E-state index is 13.6. The largest absolute Gasteiger partial charge is 0.478 e. The van der Waals surface area contributed by atoms with Gasteiger partial charge in [0.1, 0.15) is 6.61 Å². The average Bonchev–Trinajstić information content (AvgIpc) is 3.33. The highest BCUT2D eigenvalue weighted by Gasteiger charge is 2.22. The Morgan fingerprint density at radius 2 is 1.03 bits per heavy atom. The molecule has 0 unspecified atom stereocenters. The summed E-state index contributed by atoms with van der Waals surface area (Å²) in [5.41, 5.74) is 1.76. The van der Waals surface area contributed by atoms with E-state index >= 15 is 0 Å². The molecule has 0 radical (unpaired) electrons. The summed E-state index contributed by atoms with van der Waals surface area (Å²) in [4.78, 5) is 81.2. The first-order valence-electron chi connectivity index (χ1n) is 21.4. The van der Waals surface area contributed by atoms with Crippen LogP contribution in [-0.2, 0) is 50.3 Å². The molecule has 0 saturated carbocycles. The number of benzene rings is 6. The van der Waals surface area contributed by atoms with E-state index in [-0.39, 0.29) is 64.5 Å². The van der Waals surface area contributed by atoms with E-state index < -0.39 is 67.0 Å². The molecular formula is C50H46N6O14S2. The number of aromatic carboxylic acids is 3. The molecule has 0 spiro atoms. The molecule has 0 aliphatic heterocycles. The fourth-order valence-electron chi connectivity index (χ4n) is 7.00. The maximum Gasteiger partial charge on any atom is 0.336 e. The van der Waals surface area contributed by atoms with Gasteiger partial charge in [0.2, 0.25) is 20.0 Å². The molecule has 0 aliphatic carbocycles. The number of hydrogen-bond donors (Lipinski definition) is 7. The smallest absolute Gasteiger partial charge is 0.336 e. The number of oxime groups is 1. The highest BCUT2D eigenvalue weighted by molar-refractivity contribution is 7.88. The molecule has 3 amide bonds. The molecule has 6 aromatic rings. The Morgan fingerprint density at radius 3 is 1.64 bits per heavy atom. The fraction of sp³-hybridized carbons (Fsp3) is 0.140. The topological polar surface area (TPSA) is 304 Å². The fourth-order valence-corrected chi connectivity index (χ4v) is 8.49. The summed E-state index contributed by atoms with van der Waals surface area (Å²) in [5, 5.41) is 41.3.